The van der Waals surface area contributed by atoms with E-state index in [1.807, 2.05) is 42.6 Å². The largest absolute Gasteiger partial charge is 0.467 e. The van der Waals surface area contributed by atoms with E-state index in [0.29, 0.717) is 6.54 Å². The zero-order valence-corrected chi connectivity index (χ0v) is 13.8. The van der Waals surface area contributed by atoms with Gasteiger partial charge in [-0.2, -0.15) is 0 Å². The molecule has 3 rings (SSSR count). The Kier molecular flexibility index (Phi) is 4.43. The lowest BCUT2D eigenvalue weighted by molar-refractivity contribution is 0.217. The molecule has 0 saturated heterocycles. The van der Waals surface area contributed by atoms with Crippen LogP contribution in [0.4, 0.5) is 10.5 Å². The normalized spacial score (nSPS) is 10.5. The summed E-state index contributed by atoms with van der Waals surface area (Å²) >= 11 is 1.59. The van der Waals surface area contributed by atoms with Gasteiger partial charge in [0.05, 0.1) is 12.8 Å². The van der Waals surface area contributed by atoms with Crippen molar-refractivity contribution in [1.29, 1.82) is 0 Å². The summed E-state index contributed by atoms with van der Waals surface area (Å²) < 4.78 is 5.26. The molecule has 23 heavy (non-hydrogen) atoms. The number of urea groups is 1. The Morgan fingerprint density at radius 3 is 2.91 bits per heavy atom. The van der Waals surface area contributed by atoms with Crippen LogP contribution in [0.25, 0.3) is 10.6 Å². The molecule has 0 fully saturated rings. The number of carbonyl (C=O) groups excluding carboxylic acids is 1. The van der Waals surface area contributed by atoms with E-state index >= 15 is 0 Å². The monoisotopic (exact) mass is 327 g/mol. The van der Waals surface area contributed by atoms with Gasteiger partial charge in [-0.15, -0.1) is 11.3 Å². The first-order chi connectivity index (χ1) is 11.1. The summed E-state index contributed by atoms with van der Waals surface area (Å²) in [5.74, 6) is 0.745. The van der Waals surface area contributed by atoms with Crippen molar-refractivity contribution in [2.24, 2.45) is 0 Å². The second-order valence-corrected chi connectivity index (χ2v) is 6.10. The summed E-state index contributed by atoms with van der Waals surface area (Å²) in [4.78, 5) is 18.3. The van der Waals surface area contributed by atoms with E-state index < -0.39 is 0 Å². The molecule has 5 nitrogen and oxygen atoms in total. The smallest absolute Gasteiger partial charge is 0.321 e. The van der Waals surface area contributed by atoms with Crippen LogP contribution in [0.3, 0.4) is 0 Å². The Hall–Kier alpha value is -2.60. The highest BCUT2D eigenvalue weighted by molar-refractivity contribution is 7.13. The first-order valence-electron chi connectivity index (χ1n) is 7.19. The molecule has 0 aliphatic rings. The number of aryl methyl sites for hydroxylation is 1. The van der Waals surface area contributed by atoms with Gasteiger partial charge in [0.1, 0.15) is 10.8 Å². The van der Waals surface area contributed by atoms with Crippen molar-refractivity contribution < 1.29 is 9.21 Å². The number of anilines is 1. The highest BCUT2D eigenvalue weighted by atomic mass is 32.1. The molecule has 0 bridgehead atoms. The molecule has 1 N–H and O–H groups in total. The number of thiazole rings is 1. The minimum absolute atomic E-state index is 0.186. The van der Waals surface area contributed by atoms with E-state index in [1.165, 1.54) is 0 Å². The maximum Gasteiger partial charge on any atom is 0.321 e. The van der Waals surface area contributed by atoms with Crippen molar-refractivity contribution >= 4 is 23.1 Å². The zero-order chi connectivity index (χ0) is 16.2. The number of benzene rings is 1. The Balaban J connectivity index is 1.69. The molecule has 2 heterocycles. The SMILES string of the molecule is Cc1csc(-c2cccc(NC(=O)N(C)Cc3ccco3)c2)n1. The summed E-state index contributed by atoms with van der Waals surface area (Å²) in [6.07, 6.45) is 1.60. The van der Waals surface area contributed by atoms with Gasteiger partial charge in [-0.05, 0) is 31.2 Å². The Labute approximate surface area is 138 Å². The Bertz CT molecular complexity index is 796. The number of hydrogen-bond donors (Lipinski definition) is 1. The molecule has 0 spiro atoms. The van der Waals surface area contributed by atoms with Crippen molar-refractivity contribution in [2.45, 2.75) is 13.5 Å². The molecule has 3 aromatic rings. The molecule has 0 radical (unpaired) electrons. The van der Waals surface area contributed by atoms with Crippen LogP contribution in [0, 0.1) is 6.92 Å². The molecule has 0 saturated carbocycles. The van der Waals surface area contributed by atoms with Crippen molar-refractivity contribution in [3.63, 3.8) is 0 Å². The molecule has 2 aromatic heterocycles. The number of rotatable bonds is 4. The van der Waals surface area contributed by atoms with Gasteiger partial charge in [-0.3, -0.25) is 0 Å². The average Bonchev–Trinajstić information content (AvgIpc) is 3.19. The van der Waals surface area contributed by atoms with E-state index in [1.54, 1.807) is 35.6 Å². The van der Waals surface area contributed by atoms with Gasteiger partial charge >= 0.3 is 6.03 Å². The van der Waals surface area contributed by atoms with E-state index in [0.717, 1.165) is 27.7 Å². The number of amides is 2. The van der Waals surface area contributed by atoms with E-state index in [9.17, 15) is 4.79 Å². The molecule has 1 aromatic carbocycles. The molecule has 0 unspecified atom stereocenters. The van der Waals surface area contributed by atoms with Crippen molar-refractivity contribution in [3.8, 4) is 10.6 Å². The number of furan rings is 1. The summed E-state index contributed by atoms with van der Waals surface area (Å²) in [5, 5.41) is 5.85. The van der Waals surface area contributed by atoms with E-state index in [-0.39, 0.29) is 6.03 Å². The minimum atomic E-state index is -0.186. The van der Waals surface area contributed by atoms with Crippen molar-refractivity contribution in [1.82, 2.24) is 9.88 Å². The maximum atomic E-state index is 12.3. The van der Waals surface area contributed by atoms with Gasteiger partial charge in [0.15, 0.2) is 0 Å². The number of nitrogens with zero attached hydrogens (tertiary/aromatic N) is 2. The average molecular weight is 327 g/mol. The highest BCUT2D eigenvalue weighted by Gasteiger charge is 2.11. The van der Waals surface area contributed by atoms with Crippen LogP contribution in [0.1, 0.15) is 11.5 Å². The van der Waals surface area contributed by atoms with E-state index in [2.05, 4.69) is 10.3 Å². The summed E-state index contributed by atoms with van der Waals surface area (Å²) in [7, 11) is 1.73. The van der Waals surface area contributed by atoms with Crippen LogP contribution in [-0.2, 0) is 6.54 Å². The van der Waals surface area contributed by atoms with Crippen LogP contribution in [-0.4, -0.2) is 23.0 Å². The third-order valence-corrected chi connectivity index (χ3v) is 4.31. The molecule has 0 aliphatic heterocycles. The lowest BCUT2D eigenvalue weighted by atomic mass is 10.2. The maximum absolute atomic E-state index is 12.3. The number of hydrogen-bond acceptors (Lipinski definition) is 4. The third kappa shape index (κ3) is 3.78. The molecule has 6 heteroatoms. The Morgan fingerprint density at radius 1 is 1.35 bits per heavy atom. The summed E-state index contributed by atoms with van der Waals surface area (Å²) in [6.45, 7) is 2.39. The first kappa shape index (κ1) is 15.3. The van der Waals surface area contributed by atoms with Crippen LogP contribution >= 0.6 is 11.3 Å². The van der Waals surface area contributed by atoms with Gasteiger partial charge in [0.25, 0.3) is 0 Å². The van der Waals surface area contributed by atoms with Gasteiger partial charge in [0, 0.05) is 29.4 Å². The van der Waals surface area contributed by atoms with Crippen LogP contribution in [0.15, 0.2) is 52.5 Å². The molecular weight excluding hydrogens is 310 g/mol. The fraction of sp³-hybridized carbons (Fsp3) is 0.176. The fourth-order valence-corrected chi connectivity index (χ4v) is 2.94. The predicted octanol–water partition coefficient (Wildman–Crippen LogP) is 4.38. The fourth-order valence-electron chi connectivity index (χ4n) is 2.14. The first-order valence-corrected chi connectivity index (χ1v) is 8.07. The van der Waals surface area contributed by atoms with Crippen LogP contribution in [0.2, 0.25) is 0 Å². The highest BCUT2D eigenvalue weighted by Crippen LogP contribution is 2.26. The van der Waals surface area contributed by atoms with Gasteiger partial charge in [0.2, 0.25) is 0 Å². The second-order valence-electron chi connectivity index (χ2n) is 5.24. The van der Waals surface area contributed by atoms with Gasteiger partial charge in [-0.25, -0.2) is 9.78 Å². The lowest BCUT2D eigenvalue weighted by Gasteiger charge is -2.16. The molecule has 0 atom stereocenters. The molecule has 0 aliphatic carbocycles. The number of aromatic nitrogens is 1. The lowest BCUT2D eigenvalue weighted by Crippen LogP contribution is -2.30. The predicted molar refractivity (Wildman–Crippen MR) is 91.5 cm³/mol. The van der Waals surface area contributed by atoms with Crippen molar-refractivity contribution in [3.05, 3.63) is 59.5 Å². The summed E-state index contributed by atoms with van der Waals surface area (Å²) in [5.41, 5.74) is 2.74. The number of carbonyl (C=O) groups is 1. The minimum Gasteiger partial charge on any atom is -0.467 e. The van der Waals surface area contributed by atoms with Crippen LogP contribution < -0.4 is 5.32 Å². The van der Waals surface area contributed by atoms with Gasteiger partial charge < -0.3 is 14.6 Å². The molecule has 118 valence electrons. The third-order valence-electron chi connectivity index (χ3n) is 3.30. The molecular formula is C17H17N3O2S. The quantitative estimate of drug-likeness (QED) is 0.774. The standard InChI is InChI=1S/C17H17N3O2S/c1-12-11-23-16(18-12)13-5-3-6-14(9-13)19-17(21)20(2)10-15-7-4-8-22-15/h3-9,11H,10H2,1-2H3,(H,19,21). The van der Waals surface area contributed by atoms with Crippen LogP contribution in [0.5, 0.6) is 0 Å². The molecule has 2 amide bonds. The second kappa shape index (κ2) is 6.66. The summed E-state index contributed by atoms with van der Waals surface area (Å²) in [6, 6.07) is 11.2. The zero-order valence-electron chi connectivity index (χ0n) is 12.9. The number of nitrogens with one attached hydrogen (secondary N) is 1. The van der Waals surface area contributed by atoms with Gasteiger partial charge in [-0.1, -0.05) is 12.1 Å². The van der Waals surface area contributed by atoms with Crippen molar-refractivity contribution in [2.75, 3.05) is 12.4 Å². The van der Waals surface area contributed by atoms with E-state index in [4.69, 9.17) is 4.42 Å². The topological polar surface area (TPSA) is 58.4 Å². The Morgan fingerprint density at radius 2 is 2.22 bits per heavy atom.